The third-order valence-electron chi connectivity index (χ3n) is 1.16. The average molecular weight is 501 g/mol. The van der Waals surface area contributed by atoms with Crippen molar-refractivity contribution in [1.29, 1.82) is 0 Å². The molecular formula is C18H24Cr2N2O2S3+2. The Bertz CT molecular complexity index is 350. The van der Waals surface area contributed by atoms with Crippen LogP contribution in [0.15, 0.2) is 36.4 Å². The molecule has 0 saturated heterocycles. The molecule has 146 valence electrons. The second-order valence-electron chi connectivity index (χ2n) is 5.95. The summed E-state index contributed by atoms with van der Waals surface area (Å²) in [5.74, 6) is 0. The van der Waals surface area contributed by atoms with Crippen molar-refractivity contribution < 1.29 is 34.7 Å². The minimum Gasteiger partial charge on any atom is -0.999 e. The smallest absolute Gasteiger partial charge is 0.999 e. The Morgan fingerprint density at radius 1 is 0.852 bits per heavy atom. The largest absolute Gasteiger partial charge is 6.00 e. The Labute approximate surface area is 201 Å². The van der Waals surface area contributed by atoms with Crippen LogP contribution in [0.2, 0.25) is 0 Å². The zero-order valence-corrected chi connectivity index (χ0v) is 21.2. The predicted molar refractivity (Wildman–Crippen MR) is 115 cm³/mol. The molecule has 0 aliphatic heterocycles. The van der Waals surface area contributed by atoms with Gasteiger partial charge in [0.2, 0.25) is 0 Å². The van der Waals surface area contributed by atoms with Gasteiger partial charge in [-0.05, 0) is 4.75 Å². The first-order valence-corrected chi connectivity index (χ1v) is 9.08. The van der Waals surface area contributed by atoms with Crippen LogP contribution in [0.25, 0.3) is 11.2 Å². The molecule has 0 aliphatic carbocycles. The topological polar surface area (TPSA) is 78.7 Å². The van der Waals surface area contributed by atoms with Crippen molar-refractivity contribution >= 4 is 35.1 Å². The molecule has 0 bridgehead atoms. The van der Waals surface area contributed by atoms with Crippen molar-refractivity contribution in [2.45, 2.75) is 51.0 Å². The van der Waals surface area contributed by atoms with E-state index in [0.717, 1.165) is 0 Å². The van der Waals surface area contributed by atoms with Gasteiger partial charge in [0.1, 0.15) is 0 Å². The first-order valence-electron chi connectivity index (χ1n) is 6.93. The first kappa shape index (κ1) is 41.4. The summed E-state index contributed by atoms with van der Waals surface area (Å²) >= 11 is 9.53. The third-order valence-corrected chi connectivity index (χ3v) is 3.16. The van der Waals surface area contributed by atoms with E-state index < -0.39 is 0 Å². The van der Waals surface area contributed by atoms with Crippen LogP contribution in [0, 0.1) is 34.1 Å². The van der Waals surface area contributed by atoms with Crippen LogP contribution < -0.4 is 0 Å². The average Bonchev–Trinajstić information content (AvgIpc) is 3.27. The van der Waals surface area contributed by atoms with E-state index in [0.29, 0.717) is 0 Å². The van der Waals surface area contributed by atoms with Crippen LogP contribution in [-0.2, 0) is 59.0 Å². The molecular weight excluding hydrogens is 476 g/mol. The zero-order chi connectivity index (χ0) is 20.8. The van der Waals surface area contributed by atoms with E-state index in [-0.39, 0.29) is 44.2 Å². The van der Waals surface area contributed by atoms with Crippen LogP contribution >= 0.6 is 10.8 Å². The van der Waals surface area contributed by atoms with Gasteiger partial charge in [-0.25, -0.2) is 12.1 Å². The molecule has 0 spiro atoms. The molecule has 4 nitrogen and oxygen atoms in total. The number of rotatable bonds is 0. The molecule has 0 aliphatic rings. The van der Waals surface area contributed by atoms with E-state index in [1.165, 1.54) is 10.8 Å². The maximum absolute atomic E-state index is 7.25. The van der Waals surface area contributed by atoms with Gasteiger partial charge in [0, 0.05) is 0 Å². The van der Waals surface area contributed by atoms with Crippen molar-refractivity contribution in [3.8, 4) is 0 Å². The molecule has 2 rings (SSSR count). The zero-order valence-electron chi connectivity index (χ0n) is 16.2. The standard InChI is InChI=1S/C5H5.C5H.C4H10S2.C4H10S.2Cr.2NO/c2*1-2-4-5-3-1;1-4(2,3)6-5;1-4(2,3)5;;;2*1-2/h1-5H;1H;5H,1-3H3;5H,1-3H3;;;;/q-1;-5;;;2*+6;2*-1/p-2. The van der Waals surface area contributed by atoms with Gasteiger partial charge in [-0.15, -0.1) is 0 Å². The third kappa shape index (κ3) is 88.6. The Morgan fingerprint density at radius 3 is 1.19 bits per heavy atom. The molecule has 0 fully saturated rings. The quantitative estimate of drug-likeness (QED) is 0.253. The van der Waals surface area contributed by atoms with E-state index in [1.54, 1.807) is 6.07 Å². The van der Waals surface area contributed by atoms with Gasteiger partial charge >= 0.3 is 34.7 Å². The van der Waals surface area contributed by atoms with Crippen LogP contribution in [0.3, 0.4) is 0 Å². The number of hydrogen-bond donors (Lipinski definition) is 0. The van der Waals surface area contributed by atoms with E-state index in [4.69, 9.17) is 45.3 Å². The minimum absolute atomic E-state index is 0. The van der Waals surface area contributed by atoms with Crippen molar-refractivity contribution in [1.82, 2.24) is 0 Å². The van der Waals surface area contributed by atoms with Gasteiger partial charge < -0.3 is 86.4 Å². The first-order chi connectivity index (χ1) is 11.6. The SMILES string of the molecule is CC(C)(C)S[S-].CC(C)(C)[S-].[Cr+6].[Cr+6].[N-]=O.[N-]=O.[c-]1[c-][c-][cH-][c-]1.c1cc[cH-]c1. The minimum atomic E-state index is 0. The molecule has 0 amide bonds. The Balaban J connectivity index is -0.0000000501. The Kier molecular flexibility index (Phi) is 47.1. The van der Waals surface area contributed by atoms with E-state index in [9.17, 15) is 0 Å². The summed E-state index contributed by atoms with van der Waals surface area (Å²) in [5, 5.41) is 0. The fourth-order valence-corrected chi connectivity index (χ4v) is 0.501. The monoisotopic (exact) mass is 500 g/mol. The van der Waals surface area contributed by atoms with Crippen molar-refractivity contribution in [3.63, 3.8) is 0 Å². The van der Waals surface area contributed by atoms with Gasteiger partial charge in [-0.3, -0.25) is 0 Å². The summed E-state index contributed by atoms with van der Waals surface area (Å²) in [5.41, 5.74) is 11.5. The van der Waals surface area contributed by atoms with Crippen LogP contribution in [0.5, 0.6) is 0 Å². The van der Waals surface area contributed by atoms with Crippen molar-refractivity contribution in [2.75, 3.05) is 0 Å². The number of hydrogen-bond acceptors (Lipinski definition) is 5. The molecule has 0 unspecified atom stereocenters. The van der Waals surface area contributed by atoms with Crippen LogP contribution in [0.1, 0.15) is 41.5 Å². The maximum Gasteiger partial charge on any atom is 6.00 e. The molecule has 2 aromatic carbocycles. The predicted octanol–water partition coefficient (Wildman–Crippen LogP) is 5.96. The summed E-state index contributed by atoms with van der Waals surface area (Å²) in [6.45, 7) is 12.3. The number of nitrogens with zero attached hydrogens (tertiary/aromatic N) is 2. The summed E-state index contributed by atoms with van der Waals surface area (Å²) in [6, 6.07) is 22.0. The molecule has 0 saturated carbocycles. The summed E-state index contributed by atoms with van der Waals surface area (Å²) in [6.07, 6.45) is 0. The molecule has 0 atom stereocenters. The molecule has 2 aromatic rings. The van der Waals surface area contributed by atoms with Gasteiger partial charge in [-0.1, -0.05) is 41.5 Å². The fraction of sp³-hybridized carbons (Fsp3) is 0.444. The van der Waals surface area contributed by atoms with Gasteiger partial charge in [0.15, 0.2) is 0 Å². The van der Waals surface area contributed by atoms with Gasteiger partial charge in [0.05, 0.1) is 0 Å². The molecule has 0 aromatic heterocycles. The summed E-state index contributed by atoms with van der Waals surface area (Å²) < 4.78 is 0.356. The summed E-state index contributed by atoms with van der Waals surface area (Å²) in [4.78, 5) is 14.5. The Hall–Kier alpha value is 0.0149. The van der Waals surface area contributed by atoms with Crippen molar-refractivity contribution in [3.05, 3.63) is 81.7 Å². The molecule has 9 heteroatoms. The van der Waals surface area contributed by atoms with E-state index >= 15 is 0 Å². The Morgan fingerprint density at radius 2 is 1.11 bits per heavy atom. The molecule has 0 radical (unpaired) electrons. The normalized spacial score (nSPS) is 8.15. The second-order valence-corrected chi connectivity index (χ2v) is 9.07. The fourth-order valence-electron chi connectivity index (χ4n) is 0.501. The van der Waals surface area contributed by atoms with E-state index in [1.807, 2.05) is 51.1 Å². The molecule has 27 heavy (non-hydrogen) atoms. The molecule has 0 N–H and O–H groups in total. The van der Waals surface area contributed by atoms with Gasteiger partial charge in [0.25, 0.3) is 0 Å². The van der Waals surface area contributed by atoms with Crippen LogP contribution in [-0.4, -0.2) is 9.49 Å². The maximum atomic E-state index is 7.25. The van der Waals surface area contributed by atoms with Gasteiger partial charge in [-0.2, -0.15) is 22.9 Å². The molecule has 0 heterocycles. The number of nitroso groups, excluding NO2 is 2. The van der Waals surface area contributed by atoms with E-state index in [2.05, 4.69) is 45.0 Å². The second kappa shape index (κ2) is 30.7. The van der Waals surface area contributed by atoms with Crippen molar-refractivity contribution in [2.24, 2.45) is 0 Å². The van der Waals surface area contributed by atoms with Crippen LogP contribution in [0.4, 0.5) is 0 Å². The summed E-state index contributed by atoms with van der Waals surface area (Å²) in [7, 11) is 1.47.